The standard InChI is InChI=1S/C11H16BrN3/c1-3-4-10-13-9(12)7-11(14-10)15(2)8-5-6-8/h7-8H,3-6H2,1-2H3. The second kappa shape index (κ2) is 4.47. The second-order valence-corrected chi connectivity index (χ2v) is 4.87. The lowest BCUT2D eigenvalue weighted by Gasteiger charge is -2.17. The van der Waals surface area contributed by atoms with Crippen LogP contribution in [0.1, 0.15) is 32.0 Å². The molecule has 0 amide bonds. The Balaban J connectivity index is 2.21. The molecular formula is C11H16BrN3. The molecule has 0 spiro atoms. The molecule has 4 heteroatoms. The van der Waals surface area contributed by atoms with Crippen LogP contribution in [-0.2, 0) is 6.42 Å². The Morgan fingerprint density at radius 2 is 2.20 bits per heavy atom. The average molecular weight is 270 g/mol. The number of aryl methyl sites for hydroxylation is 1. The average Bonchev–Trinajstić information content (AvgIpc) is 2.99. The summed E-state index contributed by atoms with van der Waals surface area (Å²) in [4.78, 5) is 11.2. The summed E-state index contributed by atoms with van der Waals surface area (Å²) in [6.45, 7) is 2.15. The minimum Gasteiger partial charge on any atom is -0.357 e. The van der Waals surface area contributed by atoms with E-state index in [0.29, 0.717) is 6.04 Å². The molecule has 2 rings (SSSR count). The molecule has 0 radical (unpaired) electrons. The van der Waals surface area contributed by atoms with Crippen LogP contribution >= 0.6 is 15.9 Å². The first-order valence-electron chi connectivity index (χ1n) is 5.47. The predicted octanol–water partition coefficient (Wildman–Crippen LogP) is 2.79. The van der Waals surface area contributed by atoms with Gasteiger partial charge in [0.15, 0.2) is 0 Å². The van der Waals surface area contributed by atoms with Crippen LogP contribution in [0.5, 0.6) is 0 Å². The van der Waals surface area contributed by atoms with Gasteiger partial charge in [-0.05, 0) is 35.2 Å². The molecule has 1 aromatic rings. The number of anilines is 1. The Morgan fingerprint density at radius 3 is 2.80 bits per heavy atom. The zero-order valence-electron chi connectivity index (χ0n) is 9.20. The van der Waals surface area contributed by atoms with Gasteiger partial charge in [0.25, 0.3) is 0 Å². The van der Waals surface area contributed by atoms with Crippen LogP contribution in [0.25, 0.3) is 0 Å². The van der Waals surface area contributed by atoms with Crippen LogP contribution in [0.15, 0.2) is 10.7 Å². The largest absolute Gasteiger partial charge is 0.357 e. The molecule has 1 aromatic heterocycles. The van der Waals surface area contributed by atoms with E-state index in [2.05, 4.69) is 44.8 Å². The molecule has 0 aromatic carbocycles. The van der Waals surface area contributed by atoms with E-state index in [-0.39, 0.29) is 0 Å². The summed E-state index contributed by atoms with van der Waals surface area (Å²) in [5.41, 5.74) is 0. The minimum atomic E-state index is 0.696. The number of rotatable bonds is 4. The Labute approximate surface area is 99.0 Å². The van der Waals surface area contributed by atoms with Crippen molar-refractivity contribution in [3.8, 4) is 0 Å². The van der Waals surface area contributed by atoms with Gasteiger partial charge in [0.05, 0.1) is 0 Å². The lowest BCUT2D eigenvalue weighted by atomic mass is 10.3. The van der Waals surface area contributed by atoms with Gasteiger partial charge >= 0.3 is 0 Å². The Kier molecular flexibility index (Phi) is 3.24. The number of aromatic nitrogens is 2. The molecule has 1 heterocycles. The lowest BCUT2D eigenvalue weighted by molar-refractivity contribution is 0.805. The van der Waals surface area contributed by atoms with Crippen LogP contribution in [0, 0.1) is 0 Å². The van der Waals surface area contributed by atoms with Gasteiger partial charge in [-0.1, -0.05) is 6.92 Å². The Morgan fingerprint density at radius 1 is 1.47 bits per heavy atom. The fraction of sp³-hybridized carbons (Fsp3) is 0.636. The maximum absolute atomic E-state index is 4.57. The maximum atomic E-state index is 4.57. The van der Waals surface area contributed by atoms with E-state index in [4.69, 9.17) is 0 Å². The minimum absolute atomic E-state index is 0.696. The highest BCUT2D eigenvalue weighted by Gasteiger charge is 2.27. The molecule has 0 N–H and O–H groups in total. The molecule has 0 atom stereocenters. The van der Waals surface area contributed by atoms with Gasteiger partial charge in [0, 0.05) is 25.6 Å². The van der Waals surface area contributed by atoms with E-state index in [1.54, 1.807) is 0 Å². The van der Waals surface area contributed by atoms with Crippen molar-refractivity contribution in [3.05, 3.63) is 16.5 Å². The number of halogens is 1. The van der Waals surface area contributed by atoms with E-state index in [1.165, 1.54) is 12.8 Å². The summed E-state index contributed by atoms with van der Waals surface area (Å²) in [6, 6.07) is 2.69. The highest BCUT2D eigenvalue weighted by Crippen LogP contribution is 2.29. The van der Waals surface area contributed by atoms with E-state index in [9.17, 15) is 0 Å². The fourth-order valence-corrected chi connectivity index (χ4v) is 2.03. The van der Waals surface area contributed by atoms with Gasteiger partial charge in [-0.2, -0.15) is 0 Å². The third-order valence-corrected chi connectivity index (χ3v) is 3.06. The Bertz CT molecular complexity index is 350. The molecule has 0 bridgehead atoms. The third kappa shape index (κ3) is 2.68. The van der Waals surface area contributed by atoms with E-state index in [0.717, 1.165) is 29.1 Å². The van der Waals surface area contributed by atoms with E-state index in [1.807, 2.05) is 6.07 Å². The maximum Gasteiger partial charge on any atom is 0.133 e. The van der Waals surface area contributed by atoms with E-state index < -0.39 is 0 Å². The van der Waals surface area contributed by atoms with Crippen LogP contribution in [0.4, 0.5) is 5.82 Å². The van der Waals surface area contributed by atoms with Crippen LogP contribution in [0.3, 0.4) is 0 Å². The number of hydrogen-bond acceptors (Lipinski definition) is 3. The molecule has 1 fully saturated rings. The summed E-state index contributed by atoms with van der Waals surface area (Å²) in [6.07, 6.45) is 4.62. The molecule has 15 heavy (non-hydrogen) atoms. The van der Waals surface area contributed by atoms with E-state index >= 15 is 0 Å². The van der Waals surface area contributed by atoms with Gasteiger partial charge in [-0.3, -0.25) is 0 Å². The number of hydrogen-bond donors (Lipinski definition) is 0. The monoisotopic (exact) mass is 269 g/mol. The van der Waals surface area contributed by atoms with Crippen molar-refractivity contribution in [2.24, 2.45) is 0 Å². The van der Waals surface area contributed by atoms with Crippen LogP contribution in [-0.4, -0.2) is 23.1 Å². The van der Waals surface area contributed by atoms with Crippen molar-refractivity contribution in [2.45, 2.75) is 38.6 Å². The third-order valence-electron chi connectivity index (χ3n) is 2.66. The van der Waals surface area contributed by atoms with Gasteiger partial charge in [-0.25, -0.2) is 9.97 Å². The quantitative estimate of drug-likeness (QED) is 0.788. The van der Waals surface area contributed by atoms with Crippen molar-refractivity contribution in [1.82, 2.24) is 9.97 Å². The molecule has 1 aliphatic carbocycles. The van der Waals surface area contributed by atoms with Crippen molar-refractivity contribution < 1.29 is 0 Å². The zero-order chi connectivity index (χ0) is 10.8. The summed E-state index contributed by atoms with van der Waals surface area (Å²) >= 11 is 3.44. The summed E-state index contributed by atoms with van der Waals surface area (Å²) < 4.78 is 0.892. The molecule has 3 nitrogen and oxygen atoms in total. The molecule has 82 valence electrons. The van der Waals surface area contributed by atoms with Crippen molar-refractivity contribution >= 4 is 21.7 Å². The topological polar surface area (TPSA) is 29.0 Å². The normalized spacial score (nSPS) is 15.4. The molecule has 1 aliphatic rings. The highest BCUT2D eigenvalue weighted by molar-refractivity contribution is 9.10. The summed E-state index contributed by atoms with van der Waals surface area (Å²) in [7, 11) is 2.11. The van der Waals surface area contributed by atoms with Crippen molar-refractivity contribution in [2.75, 3.05) is 11.9 Å². The number of nitrogens with zero attached hydrogens (tertiary/aromatic N) is 3. The van der Waals surface area contributed by atoms with Crippen molar-refractivity contribution in [1.29, 1.82) is 0 Å². The first-order valence-corrected chi connectivity index (χ1v) is 6.26. The SMILES string of the molecule is CCCc1nc(Br)cc(N(C)C2CC2)n1. The van der Waals surface area contributed by atoms with Gasteiger partial charge < -0.3 is 4.90 Å². The molecule has 1 saturated carbocycles. The van der Waals surface area contributed by atoms with Crippen LogP contribution in [0.2, 0.25) is 0 Å². The smallest absolute Gasteiger partial charge is 0.133 e. The van der Waals surface area contributed by atoms with Gasteiger partial charge in [0.2, 0.25) is 0 Å². The second-order valence-electron chi connectivity index (χ2n) is 4.06. The highest BCUT2D eigenvalue weighted by atomic mass is 79.9. The molecular weight excluding hydrogens is 254 g/mol. The summed E-state index contributed by atoms with van der Waals surface area (Å²) in [5.74, 6) is 1.98. The predicted molar refractivity (Wildman–Crippen MR) is 65.2 cm³/mol. The summed E-state index contributed by atoms with van der Waals surface area (Å²) in [5, 5.41) is 0. The first-order chi connectivity index (χ1) is 7.20. The zero-order valence-corrected chi connectivity index (χ0v) is 10.8. The van der Waals surface area contributed by atoms with Gasteiger partial charge in [-0.15, -0.1) is 0 Å². The Hall–Kier alpha value is -0.640. The molecule has 0 saturated heterocycles. The van der Waals surface area contributed by atoms with Gasteiger partial charge in [0.1, 0.15) is 16.2 Å². The first kappa shape index (κ1) is 10.9. The molecule has 0 aliphatic heterocycles. The molecule has 0 unspecified atom stereocenters. The fourth-order valence-electron chi connectivity index (χ4n) is 1.62. The van der Waals surface area contributed by atoms with Crippen LogP contribution < -0.4 is 4.90 Å². The van der Waals surface area contributed by atoms with Crippen molar-refractivity contribution in [3.63, 3.8) is 0 Å². The lowest BCUT2D eigenvalue weighted by Crippen LogP contribution is -2.21.